The van der Waals surface area contributed by atoms with Crippen molar-refractivity contribution in [1.29, 1.82) is 0 Å². The molecule has 0 fully saturated rings. The Bertz CT molecular complexity index is 183. The molecular formula is C4H11NO4S. The monoisotopic (exact) mass is 169 g/mol. The molecule has 0 aromatic heterocycles. The molecule has 0 spiro atoms. The lowest BCUT2D eigenvalue weighted by atomic mass is 10.9. The van der Waals surface area contributed by atoms with E-state index in [4.69, 9.17) is 5.11 Å². The largest absolute Gasteiger partial charge is 0.375 e. The molecule has 0 amide bonds. The highest BCUT2D eigenvalue weighted by Gasteiger charge is 2.19. The third-order valence-electron chi connectivity index (χ3n) is 0.671. The van der Waals surface area contributed by atoms with E-state index in [0.717, 1.165) is 12.0 Å². The van der Waals surface area contributed by atoms with E-state index in [2.05, 4.69) is 4.28 Å². The molecule has 1 N–H and O–H groups in total. The molecule has 0 aliphatic rings. The fraction of sp³-hybridized carbons (Fsp3) is 1.00. The molecule has 6 heteroatoms. The van der Waals surface area contributed by atoms with Crippen LogP contribution in [-0.2, 0) is 14.4 Å². The molecule has 10 heavy (non-hydrogen) atoms. The second-order valence-electron chi connectivity index (χ2n) is 1.98. The average Bonchev–Trinajstić information content (AvgIpc) is 1.60. The molecule has 0 heterocycles. The van der Waals surface area contributed by atoms with Gasteiger partial charge in [0, 0.05) is 14.1 Å². The van der Waals surface area contributed by atoms with Crippen molar-refractivity contribution in [2.45, 2.75) is 12.4 Å². The van der Waals surface area contributed by atoms with Gasteiger partial charge in [-0.25, -0.2) is 0 Å². The first-order chi connectivity index (χ1) is 4.36. The zero-order chi connectivity index (χ0) is 8.36. The van der Waals surface area contributed by atoms with Crippen molar-refractivity contribution in [1.82, 2.24) is 5.06 Å². The molecule has 0 aromatic rings. The zero-order valence-electron chi connectivity index (χ0n) is 6.10. The highest BCUT2D eigenvalue weighted by Crippen LogP contribution is 2.00. The van der Waals surface area contributed by atoms with E-state index < -0.39 is 15.6 Å². The highest BCUT2D eigenvalue weighted by atomic mass is 32.2. The molecule has 0 radical (unpaired) electrons. The second kappa shape index (κ2) is 3.29. The van der Waals surface area contributed by atoms with Gasteiger partial charge in [-0.1, -0.05) is 0 Å². The summed E-state index contributed by atoms with van der Waals surface area (Å²) >= 11 is 0. The van der Waals surface area contributed by atoms with Crippen molar-refractivity contribution < 1.29 is 17.8 Å². The van der Waals surface area contributed by atoms with Crippen molar-refractivity contribution in [3.8, 4) is 0 Å². The lowest BCUT2D eigenvalue weighted by Crippen LogP contribution is -2.26. The van der Waals surface area contributed by atoms with Crippen LogP contribution in [0, 0.1) is 0 Å². The second-order valence-corrected chi connectivity index (χ2v) is 3.80. The summed E-state index contributed by atoms with van der Waals surface area (Å²) < 4.78 is 25.5. The van der Waals surface area contributed by atoms with Gasteiger partial charge in [-0.3, -0.25) is 0 Å². The van der Waals surface area contributed by atoms with Crippen molar-refractivity contribution in [3.05, 3.63) is 0 Å². The van der Waals surface area contributed by atoms with Crippen LogP contribution in [0.1, 0.15) is 6.92 Å². The quantitative estimate of drug-likeness (QED) is 0.557. The van der Waals surface area contributed by atoms with E-state index in [-0.39, 0.29) is 0 Å². The summed E-state index contributed by atoms with van der Waals surface area (Å²) in [6.07, 6.45) is 0. The van der Waals surface area contributed by atoms with Crippen molar-refractivity contribution in [2.75, 3.05) is 14.1 Å². The maximum atomic E-state index is 10.6. The molecular weight excluding hydrogens is 158 g/mol. The Kier molecular flexibility index (Phi) is 3.23. The Hall–Kier alpha value is -0.170. The number of aliphatic hydroxyl groups excluding tert-OH is 1. The summed E-state index contributed by atoms with van der Waals surface area (Å²) in [6.45, 7) is 1.12. The van der Waals surface area contributed by atoms with Crippen molar-refractivity contribution in [3.63, 3.8) is 0 Å². The molecule has 5 nitrogen and oxygen atoms in total. The minimum atomic E-state index is -3.82. The lowest BCUT2D eigenvalue weighted by molar-refractivity contribution is -0.00213. The lowest BCUT2D eigenvalue weighted by Gasteiger charge is -2.11. The van der Waals surface area contributed by atoms with Gasteiger partial charge in [0.05, 0.1) is 0 Å². The molecule has 0 saturated carbocycles. The van der Waals surface area contributed by atoms with Crippen LogP contribution in [0.4, 0.5) is 0 Å². The number of aliphatic hydroxyl groups is 1. The predicted molar refractivity (Wildman–Crippen MR) is 35.4 cm³/mol. The summed E-state index contributed by atoms with van der Waals surface area (Å²) in [4.78, 5) is 0. The summed E-state index contributed by atoms with van der Waals surface area (Å²) in [5, 5.41) is 9.59. The topological polar surface area (TPSA) is 66.8 Å². The van der Waals surface area contributed by atoms with Gasteiger partial charge in [0.25, 0.3) is 0 Å². The summed E-state index contributed by atoms with van der Waals surface area (Å²) in [5.41, 5.74) is -1.49. The molecule has 0 bridgehead atoms. The molecule has 0 rings (SSSR count). The summed E-state index contributed by atoms with van der Waals surface area (Å²) in [6, 6.07) is 0. The molecule has 0 saturated heterocycles. The minimum Gasteiger partial charge on any atom is -0.375 e. The van der Waals surface area contributed by atoms with Crippen LogP contribution < -0.4 is 0 Å². The van der Waals surface area contributed by atoms with Crippen LogP contribution in [0.15, 0.2) is 0 Å². The Morgan fingerprint density at radius 3 is 2.00 bits per heavy atom. The minimum absolute atomic E-state index is 1.00. The van der Waals surface area contributed by atoms with Crippen molar-refractivity contribution >= 4 is 10.1 Å². The summed E-state index contributed by atoms with van der Waals surface area (Å²) in [7, 11) is -0.983. The van der Waals surface area contributed by atoms with Gasteiger partial charge in [0.15, 0.2) is 5.44 Å². The van der Waals surface area contributed by atoms with E-state index in [9.17, 15) is 8.42 Å². The Balaban J connectivity index is 4.16. The number of hydrogen-bond acceptors (Lipinski definition) is 5. The fourth-order valence-electron chi connectivity index (χ4n) is 0.270. The number of rotatable bonds is 3. The van der Waals surface area contributed by atoms with Gasteiger partial charge in [-0.05, 0) is 6.92 Å². The van der Waals surface area contributed by atoms with Crippen LogP contribution in [0.3, 0.4) is 0 Å². The Labute approximate surface area is 60.3 Å². The third kappa shape index (κ3) is 3.11. The van der Waals surface area contributed by atoms with Gasteiger partial charge in [-0.2, -0.15) is 17.8 Å². The van der Waals surface area contributed by atoms with E-state index in [1.165, 1.54) is 14.1 Å². The molecule has 1 atom stereocenters. The normalized spacial score (nSPS) is 15.7. The van der Waals surface area contributed by atoms with Crippen LogP contribution in [0.2, 0.25) is 0 Å². The molecule has 0 aliphatic carbocycles. The molecule has 1 unspecified atom stereocenters. The first-order valence-corrected chi connectivity index (χ1v) is 4.12. The zero-order valence-corrected chi connectivity index (χ0v) is 6.92. The number of nitrogens with zero attached hydrogens (tertiary/aromatic N) is 1. The van der Waals surface area contributed by atoms with Gasteiger partial charge in [-0.15, -0.1) is 0 Å². The molecule has 0 aromatic carbocycles. The fourth-order valence-corrected chi connectivity index (χ4v) is 0.810. The Morgan fingerprint density at radius 2 is 1.90 bits per heavy atom. The van der Waals surface area contributed by atoms with Crippen LogP contribution in [0.25, 0.3) is 0 Å². The van der Waals surface area contributed by atoms with Crippen LogP contribution >= 0.6 is 0 Å². The van der Waals surface area contributed by atoms with E-state index in [1.54, 1.807) is 0 Å². The first-order valence-electron chi connectivity index (χ1n) is 2.65. The average molecular weight is 169 g/mol. The molecule has 0 aliphatic heterocycles. The number of hydroxylamine groups is 2. The van der Waals surface area contributed by atoms with Gasteiger partial charge in [0.1, 0.15) is 0 Å². The third-order valence-corrected chi connectivity index (χ3v) is 2.01. The maximum absolute atomic E-state index is 10.6. The van der Waals surface area contributed by atoms with Gasteiger partial charge < -0.3 is 5.11 Å². The van der Waals surface area contributed by atoms with E-state index in [0.29, 0.717) is 0 Å². The highest BCUT2D eigenvalue weighted by molar-refractivity contribution is 7.87. The predicted octanol–water partition coefficient (Wildman–Crippen LogP) is -0.852. The van der Waals surface area contributed by atoms with E-state index in [1.807, 2.05) is 0 Å². The van der Waals surface area contributed by atoms with Gasteiger partial charge >= 0.3 is 10.1 Å². The number of hydrogen-bond donors (Lipinski definition) is 1. The molecule has 62 valence electrons. The van der Waals surface area contributed by atoms with E-state index >= 15 is 0 Å². The Morgan fingerprint density at radius 1 is 1.50 bits per heavy atom. The van der Waals surface area contributed by atoms with Crippen LogP contribution in [0.5, 0.6) is 0 Å². The van der Waals surface area contributed by atoms with Gasteiger partial charge in [0.2, 0.25) is 0 Å². The summed E-state index contributed by atoms with van der Waals surface area (Å²) in [5.74, 6) is 0. The van der Waals surface area contributed by atoms with Crippen molar-refractivity contribution in [2.24, 2.45) is 0 Å². The standard InChI is InChI=1S/C4H11NO4S/c1-4(6)10(7,8)9-5(2)3/h4,6H,1-3H3. The SMILES string of the molecule is CC(O)S(=O)(=O)ON(C)C. The van der Waals surface area contributed by atoms with Crippen LogP contribution in [-0.4, -0.2) is 38.1 Å². The first kappa shape index (κ1) is 9.83. The smallest absolute Gasteiger partial charge is 0.310 e. The maximum Gasteiger partial charge on any atom is 0.310 e.